The molecule has 0 aliphatic rings. The van der Waals surface area contributed by atoms with Crippen LogP contribution in [0.3, 0.4) is 0 Å². The van der Waals surface area contributed by atoms with E-state index >= 15 is 0 Å². The summed E-state index contributed by atoms with van der Waals surface area (Å²) in [6.07, 6.45) is -0.125. The Bertz CT molecular complexity index is 691. The van der Waals surface area contributed by atoms with E-state index in [0.717, 1.165) is 5.56 Å². The fraction of sp³-hybridized carbons (Fsp3) is 0.412. The van der Waals surface area contributed by atoms with Crippen LogP contribution in [0.4, 0.5) is 0 Å². The Balaban J connectivity index is 2.57. The van der Waals surface area contributed by atoms with Gasteiger partial charge in [-0.3, -0.25) is 19.2 Å². The molecule has 0 aliphatic heterocycles. The lowest BCUT2D eigenvalue weighted by Crippen LogP contribution is -2.49. The number of nitrogens with one attached hydrogen (secondary N) is 2. The quantitative estimate of drug-likeness (QED) is 0.221. The van der Waals surface area contributed by atoms with Gasteiger partial charge in [-0.2, -0.15) is 12.6 Å². The minimum absolute atomic E-state index is 0.00921. The summed E-state index contributed by atoms with van der Waals surface area (Å²) in [5.41, 5.74) is 0.903. The van der Waals surface area contributed by atoms with E-state index in [1.807, 2.05) is 30.3 Å². The number of hydrogen-bond acceptors (Lipinski definition) is 6. The van der Waals surface area contributed by atoms with Gasteiger partial charge in [0.15, 0.2) is 0 Å². The molecule has 0 fully saturated rings. The van der Waals surface area contributed by atoms with Crippen molar-refractivity contribution in [2.75, 3.05) is 12.3 Å². The molecule has 0 spiro atoms. The SMILES string of the molecule is O=C(O)CNC(=O)[C@H](CS)NC(=O)CC[C@@H](C(=O)O)N(Br)Cc1ccccc1. The molecule has 1 rings (SSSR count). The molecule has 0 heterocycles. The molecule has 154 valence electrons. The van der Waals surface area contributed by atoms with Crippen LogP contribution in [-0.4, -0.2) is 62.3 Å². The molecule has 4 N–H and O–H groups in total. The lowest BCUT2D eigenvalue weighted by atomic mass is 10.1. The molecule has 2 atom stereocenters. The van der Waals surface area contributed by atoms with Crippen LogP contribution in [0.5, 0.6) is 0 Å². The highest BCUT2D eigenvalue weighted by Crippen LogP contribution is 2.17. The summed E-state index contributed by atoms with van der Waals surface area (Å²) in [7, 11) is 0. The first-order valence-electron chi connectivity index (χ1n) is 8.33. The highest BCUT2D eigenvalue weighted by atomic mass is 79.9. The predicted octanol–water partition coefficient (Wildman–Crippen LogP) is 0.647. The molecule has 28 heavy (non-hydrogen) atoms. The minimum atomic E-state index is -1.21. The van der Waals surface area contributed by atoms with Gasteiger partial charge in [0.25, 0.3) is 0 Å². The normalized spacial score (nSPS) is 12.8. The van der Waals surface area contributed by atoms with Gasteiger partial charge in [0.05, 0.1) is 0 Å². The highest BCUT2D eigenvalue weighted by Gasteiger charge is 2.26. The first-order chi connectivity index (χ1) is 13.2. The lowest BCUT2D eigenvalue weighted by Gasteiger charge is -2.23. The van der Waals surface area contributed by atoms with Crippen molar-refractivity contribution in [2.45, 2.75) is 31.5 Å². The molecule has 1 aromatic rings. The van der Waals surface area contributed by atoms with Crippen LogP contribution < -0.4 is 10.6 Å². The van der Waals surface area contributed by atoms with E-state index < -0.39 is 42.4 Å². The van der Waals surface area contributed by atoms with Gasteiger partial charge in [-0.25, -0.2) is 3.93 Å². The number of aliphatic carboxylic acids is 2. The van der Waals surface area contributed by atoms with Gasteiger partial charge < -0.3 is 20.8 Å². The first kappa shape index (κ1) is 23.9. The summed E-state index contributed by atoms with van der Waals surface area (Å²) in [5.74, 6) is -3.54. The summed E-state index contributed by atoms with van der Waals surface area (Å²) in [5, 5.41) is 22.6. The fourth-order valence-electron chi connectivity index (χ4n) is 2.27. The Labute approximate surface area is 176 Å². The maximum Gasteiger partial charge on any atom is 0.322 e. The third kappa shape index (κ3) is 8.72. The number of carbonyl (C=O) groups excluding carboxylic acids is 2. The molecule has 0 saturated carbocycles. The van der Waals surface area contributed by atoms with Crippen LogP contribution in [0.15, 0.2) is 30.3 Å². The van der Waals surface area contributed by atoms with E-state index in [4.69, 9.17) is 5.11 Å². The van der Waals surface area contributed by atoms with Crippen LogP contribution in [0.25, 0.3) is 0 Å². The number of thiol groups is 1. The highest BCUT2D eigenvalue weighted by molar-refractivity contribution is 9.07. The van der Waals surface area contributed by atoms with Crippen molar-refractivity contribution in [3.8, 4) is 0 Å². The van der Waals surface area contributed by atoms with Crippen molar-refractivity contribution in [1.82, 2.24) is 14.6 Å². The number of amides is 2. The van der Waals surface area contributed by atoms with Gasteiger partial charge >= 0.3 is 11.9 Å². The van der Waals surface area contributed by atoms with Crippen molar-refractivity contribution >= 4 is 52.5 Å². The average molecular weight is 476 g/mol. The molecule has 0 radical (unpaired) electrons. The molecule has 0 unspecified atom stereocenters. The van der Waals surface area contributed by atoms with Gasteiger partial charge in [0.1, 0.15) is 18.6 Å². The Morgan fingerprint density at radius 1 is 1.14 bits per heavy atom. The second kappa shape index (κ2) is 12.4. The zero-order valence-corrected chi connectivity index (χ0v) is 17.4. The van der Waals surface area contributed by atoms with E-state index in [0.29, 0.717) is 6.54 Å². The fourth-order valence-corrected chi connectivity index (χ4v) is 3.19. The summed E-state index contributed by atoms with van der Waals surface area (Å²) in [6, 6.07) is 7.27. The largest absolute Gasteiger partial charge is 0.480 e. The Morgan fingerprint density at radius 3 is 2.32 bits per heavy atom. The standard InChI is InChI=1S/C17H22BrN3O6S/c18-21(9-11-4-2-1-3-5-11)13(17(26)27)6-7-14(22)20-12(10-28)16(25)19-8-15(23)24/h1-5,12-13,28H,6-10H2,(H,19,25)(H,20,22)(H,23,24)(H,26,27)/t12-,13-/m0/s1. The van der Waals surface area contributed by atoms with Gasteiger partial charge in [-0.1, -0.05) is 30.3 Å². The summed E-state index contributed by atoms with van der Waals surface area (Å²) in [6.45, 7) is -0.242. The Hall–Kier alpha value is -2.11. The van der Waals surface area contributed by atoms with Gasteiger partial charge in [0.2, 0.25) is 11.8 Å². The Kier molecular flexibility index (Phi) is 10.6. The lowest BCUT2D eigenvalue weighted by molar-refractivity contribution is -0.141. The van der Waals surface area contributed by atoms with Crippen molar-refractivity contribution < 1.29 is 29.4 Å². The van der Waals surface area contributed by atoms with Gasteiger partial charge in [-0.15, -0.1) is 0 Å². The summed E-state index contributed by atoms with van der Waals surface area (Å²) in [4.78, 5) is 45.9. The second-order valence-electron chi connectivity index (χ2n) is 5.85. The van der Waals surface area contributed by atoms with E-state index in [1.165, 1.54) is 3.93 Å². The molecule has 0 bridgehead atoms. The average Bonchev–Trinajstić information content (AvgIpc) is 2.64. The Morgan fingerprint density at radius 2 is 1.79 bits per heavy atom. The summed E-state index contributed by atoms with van der Waals surface area (Å²) >= 11 is 7.21. The van der Waals surface area contributed by atoms with Crippen LogP contribution in [0.1, 0.15) is 18.4 Å². The van der Waals surface area contributed by atoms with E-state index in [1.54, 1.807) is 0 Å². The molecule has 0 aliphatic carbocycles. The van der Waals surface area contributed by atoms with E-state index in [9.17, 15) is 24.3 Å². The van der Waals surface area contributed by atoms with Crippen molar-refractivity contribution in [3.05, 3.63) is 35.9 Å². The molecular weight excluding hydrogens is 454 g/mol. The molecule has 11 heteroatoms. The molecule has 9 nitrogen and oxygen atoms in total. The number of carboxylic acid groups (broad SMARTS) is 2. The number of halogens is 1. The first-order valence-corrected chi connectivity index (χ1v) is 9.67. The number of rotatable bonds is 12. The van der Waals surface area contributed by atoms with Gasteiger partial charge in [-0.05, 0) is 12.0 Å². The van der Waals surface area contributed by atoms with Gasteiger partial charge in [0, 0.05) is 34.9 Å². The third-order valence-corrected chi connectivity index (χ3v) is 4.80. The van der Waals surface area contributed by atoms with Crippen LogP contribution in [-0.2, 0) is 25.7 Å². The zero-order chi connectivity index (χ0) is 21.1. The topological polar surface area (TPSA) is 136 Å². The third-order valence-electron chi connectivity index (χ3n) is 3.69. The van der Waals surface area contributed by atoms with Crippen LogP contribution in [0, 0.1) is 0 Å². The predicted molar refractivity (Wildman–Crippen MR) is 108 cm³/mol. The van der Waals surface area contributed by atoms with Crippen LogP contribution >= 0.6 is 28.8 Å². The maximum atomic E-state index is 12.1. The second-order valence-corrected chi connectivity index (χ2v) is 7.13. The molecule has 0 saturated heterocycles. The monoisotopic (exact) mass is 475 g/mol. The summed E-state index contributed by atoms with van der Waals surface area (Å²) < 4.78 is 1.45. The van der Waals surface area contributed by atoms with Crippen molar-refractivity contribution in [3.63, 3.8) is 0 Å². The number of benzene rings is 1. The number of carboxylic acids is 2. The van der Waals surface area contributed by atoms with Crippen LogP contribution in [0.2, 0.25) is 0 Å². The van der Waals surface area contributed by atoms with Crippen molar-refractivity contribution in [2.24, 2.45) is 0 Å². The number of nitrogens with zero attached hydrogens (tertiary/aromatic N) is 1. The van der Waals surface area contributed by atoms with Crippen molar-refractivity contribution in [1.29, 1.82) is 0 Å². The van der Waals surface area contributed by atoms with E-state index in [2.05, 4.69) is 39.4 Å². The zero-order valence-electron chi connectivity index (χ0n) is 14.9. The molecule has 2 amide bonds. The number of hydrogen-bond donors (Lipinski definition) is 5. The van der Waals surface area contributed by atoms with E-state index in [-0.39, 0.29) is 18.6 Å². The minimum Gasteiger partial charge on any atom is -0.480 e. The molecule has 1 aromatic carbocycles. The maximum absolute atomic E-state index is 12.1. The molecule has 0 aromatic heterocycles. The molecular formula is C17H22BrN3O6S. The number of carbonyl (C=O) groups is 4. The smallest absolute Gasteiger partial charge is 0.322 e.